The fourth-order valence-corrected chi connectivity index (χ4v) is 3.99. The molecule has 4 N–H and O–H groups in total. The molecular weight excluding hydrogens is 371 g/mol. The molecule has 0 bridgehead atoms. The van der Waals surface area contributed by atoms with E-state index in [0.29, 0.717) is 23.4 Å². The number of aryl methyl sites for hydroxylation is 1. The van der Waals surface area contributed by atoms with Crippen molar-refractivity contribution < 1.29 is 14.0 Å². The maximum absolute atomic E-state index is 13.6. The molecule has 150 valence electrons. The van der Waals surface area contributed by atoms with Crippen LogP contribution in [-0.2, 0) is 9.59 Å². The van der Waals surface area contributed by atoms with Gasteiger partial charge in [0.05, 0.1) is 11.5 Å². The number of hydrogen-bond donors (Lipinski definition) is 3. The highest BCUT2D eigenvalue weighted by Crippen LogP contribution is 2.33. The number of hydrogen-bond acceptors (Lipinski definition) is 4. The second-order valence-electron chi connectivity index (χ2n) is 7.54. The first-order chi connectivity index (χ1) is 13.9. The van der Waals surface area contributed by atoms with Gasteiger partial charge in [-0.1, -0.05) is 0 Å². The van der Waals surface area contributed by atoms with Crippen molar-refractivity contribution in [3.05, 3.63) is 59.5 Å². The lowest BCUT2D eigenvalue weighted by molar-refractivity contribution is -0.122. The van der Waals surface area contributed by atoms with E-state index in [1.807, 2.05) is 25.1 Å². The number of carbonyl (C=O) groups excluding carboxylic acids is 2. The molecule has 2 aromatic carbocycles. The van der Waals surface area contributed by atoms with Gasteiger partial charge in [-0.15, -0.1) is 0 Å². The predicted molar refractivity (Wildman–Crippen MR) is 112 cm³/mol. The zero-order valence-electron chi connectivity index (χ0n) is 16.2. The van der Waals surface area contributed by atoms with Crippen LogP contribution >= 0.6 is 0 Å². The first-order valence-corrected chi connectivity index (χ1v) is 9.65. The summed E-state index contributed by atoms with van der Waals surface area (Å²) in [5.41, 5.74) is 9.97. The molecule has 1 saturated heterocycles. The maximum atomic E-state index is 13.6. The number of nitrogens with two attached hydrogens (primary N) is 1. The molecule has 7 heteroatoms. The van der Waals surface area contributed by atoms with Crippen molar-refractivity contribution in [3.63, 3.8) is 0 Å². The molecule has 0 spiro atoms. The molecule has 6 nitrogen and oxygen atoms in total. The minimum absolute atomic E-state index is 0.118. The molecule has 0 aromatic heterocycles. The molecule has 0 aliphatic carbocycles. The Bertz CT molecular complexity index is 1020. The predicted octanol–water partition coefficient (Wildman–Crippen LogP) is 3.24. The van der Waals surface area contributed by atoms with E-state index in [4.69, 9.17) is 5.73 Å². The zero-order chi connectivity index (χ0) is 20.5. The van der Waals surface area contributed by atoms with E-state index in [9.17, 15) is 14.0 Å². The van der Waals surface area contributed by atoms with Gasteiger partial charge in [-0.2, -0.15) is 0 Å². The van der Waals surface area contributed by atoms with Gasteiger partial charge in [-0.05, 0) is 61.7 Å². The van der Waals surface area contributed by atoms with Crippen LogP contribution in [0.5, 0.6) is 0 Å². The lowest BCUT2D eigenvalue weighted by Crippen LogP contribution is -2.41. The van der Waals surface area contributed by atoms with Crippen LogP contribution in [0.1, 0.15) is 24.0 Å². The van der Waals surface area contributed by atoms with Gasteiger partial charge < -0.3 is 21.3 Å². The van der Waals surface area contributed by atoms with Crippen LogP contribution in [0.15, 0.2) is 42.6 Å². The molecule has 29 heavy (non-hydrogen) atoms. The molecule has 0 saturated carbocycles. The summed E-state index contributed by atoms with van der Waals surface area (Å²) in [5, 5.41) is 5.87. The molecule has 1 fully saturated rings. The minimum atomic E-state index is -0.387. The van der Waals surface area contributed by atoms with Crippen molar-refractivity contribution >= 4 is 34.4 Å². The SMILES string of the molecule is Cc1cc(N/C=C2\C(=O)Nc3ccc(F)cc32)ccc1N1CCCC(C(N)=O)C1. The Hall–Kier alpha value is -3.35. The molecule has 2 aliphatic rings. The fraction of sp³-hybridized carbons (Fsp3) is 0.273. The second-order valence-corrected chi connectivity index (χ2v) is 7.54. The van der Waals surface area contributed by atoms with E-state index in [1.54, 1.807) is 12.3 Å². The highest BCUT2D eigenvalue weighted by Gasteiger charge is 2.26. The molecule has 2 heterocycles. The minimum Gasteiger partial charge on any atom is -0.371 e. The number of amides is 2. The van der Waals surface area contributed by atoms with Gasteiger partial charge in [-0.25, -0.2) is 4.39 Å². The number of carbonyl (C=O) groups is 2. The van der Waals surface area contributed by atoms with Crippen molar-refractivity contribution in [2.45, 2.75) is 19.8 Å². The maximum Gasteiger partial charge on any atom is 0.257 e. The third-order valence-corrected chi connectivity index (χ3v) is 5.51. The van der Waals surface area contributed by atoms with Gasteiger partial charge >= 0.3 is 0 Å². The summed E-state index contributed by atoms with van der Waals surface area (Å²) in [5.74, 6) is -1.02. The zero-order valence-corrected chi connectivity index (χ0v) is 16.2. The van der Waals surface area contributed by atoms with Crippen molar-refractivity contribution in [2.75, 3.05) is 28.6 Å². The van der Waals surface area contributed by atoms with Crippen LogP contribution in [0.4, 0.5) is 21.5 Å². The average Bonchev–Trinajstić information content (AvgIpc) is 3.01. The third-order valence-electron chi connectivity index (χ3n) is 5.51. The molecule has 2 amide bonds. The van der Waals surface area contributed by atoms with Crippen molar-refractivity contribution in [3.8, 4) is 0 Å². The Morgan fingerprint density at radius 1 is 1.31 bits per heavy atom. The lowest BCUT2D eigenvalue weighted by Gasteiger charge is -2.34. The van der Waals surface area contributed by atoms with E-state index in [1.165, 1.54) is 12.1 Å². The number of anilines is 3. The number of piperidine rings is 1. The summed E-state index contributed by atoms with van der Waals surface area (Å²) in [7, 11) is 0. The van der Waals surface area contributed by atoms with E-state index < -0.39 is 0 Å². The molecule has 2 aromatic rings. The number of nitrogens with one attached hydrogen (secondary N) is 2. The van der Waals surface area contributed by atoms with Gasteiger partial charge in [0.1, 0.15) is 5.82 Å². The highest BCUT2D eigenvalue weighted by molar-refractivity contribution is 6.31. The van der Waals surface area contributed by atoms with E-state index >= 15 is 0 Å². The van der Waals surface area contributed by atoms with Gasteiger partial charge in [0.15, 0.2) is 0 Å². The van der Waals surface area contributed by atoms with Crippen molar-refractivity contribution in [1.82, 2.24) is 0 Å². The normalized spacial score (nSPS) is 19.8. The Labute approximate surface area is 168 Å². The van der Waals surface area contributed by atoms with Gasteiger partial charge in [0.2, 0.25) is 5.91 Å². The number of fused-ring (bicyclic) bond motifs is 1. The van der Waals surface area contributed by atoms with Crippen LogP contribution in [0.2, 0.25) is 0 Å². The first-order valence-electron chi connectivity index (χ1n) is 9.65. The Balaban J connectivity index is 1.52. The first kappa shape index (κ1) is 19.0. The summed E-state index contributed by atoms with van der Waals surface area (Å²) >= 11 is 0. The number of halogens is 1. The Kier molecular flexibility index (Phi) is 4.96. The molecule has 1 unspecified atom stereocenters. The van der Waals surface area contributed by atoms with E-state index in [2.05, 4.69) is 15.5 Å². The summed E-state index contributed by atoms with van der Waals surface area (Å²) in [6.07, 6.45) is 3.37. The molecule has 2 aliphatic heterocycles. The van der Waals surface area contributed by atoms with E-state index in [0.717, 1.165) is 36.3 Å². The molecule has 4 rings (SSSR count). The van der Waals surface area contributed by atoms with Gasteiger partial charge in [0, 0.05) is 41.9 Å². The second kappa shape index (κ2) is 7.58. The number of benzene rings is 2. The van der Waals surface area contributed by atoms with Crippen LogP contribution in [0, 0.1) is 18.7 Å². The van der Waals surface area contributed by atoms with Crippen LogP contribution in [-0.4, -0.2) is 24.9 Å². The number of nitrogens with zero attached hydrogens (tertiary/aromatic N) is 1. The van der Waals surface area contributed by atoms with E-state index in [-0.39, 0.29) is 23.5 Å². The monoisotopic (exact) mass is 394 g/mol. The Morgan fingerprint density at radius 2 is 2.14 bits per heavy atom. The largest absolute Gasteiger partial charge is 0.371 e. The lowest BCUT2D eigenvalue weighted by atomic mass is 9.96. The molecular formula is C22H23FN4O2. The summed E-state index contributed by atoms with van der Waals surface area (Å²) in [4.78, 5) is 25.9. The standard InChI is InChI=1S/C22H23FN4O2/c1-13-9-16(5-7-20(13)27-8-2-3-14(12-27)21(24)28)25-11-18-17-10-15(23)4-6-19(17)26-22(18)29/h4-7,9-11,14,25H,2-3,8,12H2,1H3,(H2,24,28)(H,26,29)/b18-11-. The molecule has 1 atom stereocenters. The molecule has 0 radical (unpaired) electrons. The number of rotatable bonds is 4. The Morgan fingerprint density at radius 3 is 2.90 bits per heavy atom. The topological polar surface area (TPSA) is 87.5 Å². The van der Waals surface area contributed by atoms with Gasteiger partial charge in [0.25, 0.3) is 5.91 Å². The third kappa shape index (κ3) is 3.81. The highest BCUT2D eigenvalue weighted by atomic mass is 19.1. The van der Waals surface area contributed by atoms with Crippen LogP contribution in [0.3, 0.4) is 0 Å². The van der Waals surface area contributed by atoms with Crippen LogP contribution < -0.4 is 21.3 Å². The fourth-order valence-electron chi connectivity index (χ4n) is 3.99. The smallest absolute Gasteiger partial charge is 0.257 e. The summed E-state index contributed by atoms with van der Waals surface area (Å²) in [6.45, 7) is 3.54. The average molecular weight is 394 g/mol. The van der Waals surface area contributed by atoms with Crippen molar-refractivity contribution in [1.29, 1.82) is 0 Å². The van der Waals surface area contributed by atoms with Gasteiger partial charge in [-0.3, -0.25) is 9.59 Å². The van der Waals surface area contributed by atoms with Crippen LogP contribution in [0.25, 0.3) is 5.57 Å². The van der Waals surface area contributed by atoms with Crippen molar-refractivity contribution in [2.24, 2.45) is 11.7 Å². The summed E-state index contributed by atoms with van der Waals surface area (Å²) < 4.78 is 13.6. The quantitative estimate of drug-likeness (QED) is 0.695. The summed E-state index contributed by atoms with van der Waals surface area (Å²) in [6, 6.07) is 10.1. The number of primary amides is 1.